The molecule has 2 rings (SSSR count). The zero-order valence-corrected chi connectivity index (χ0v) is 11.4. The predicted molar refractivity (Wildman–Crippen MR) is 77.8 cm³/mol. The predicted octanol–water partition coefficient (Wildman–Crippen LogP) is 3.39. The number of nitriles is 1. The molecule has 2 aromatic rings. The van der Waals surface area contributed by atoms with Crippen molar-refractivity contribution in [2.75, 3.05) is 12.4 Å². The molecule has 0 aliphatic rings. The molecule has 0 aromatic heterocycles. The van der Waals surface area contributed by atoms with Gasteiger partial charge in [0.1, 0.15) is 6.04 Å². The van der Waals surface area contributed by atoms with E-state index in [4.69, 9.17) is 4.74 Å². The van der Waals surface area contributed by atoms with Crippen molar-refractivity contribution >= 4 is 5.69 Å². The summed E-state index contributed by atoms with van der Waals surface area (Å²) in [4.78, 5) is 0. The van der Waals surface area contributed by atoms with Crippen molar-refractivity contribution in [3.63, 3.8) is 0 Å². The fraction of sp³-hybridized carbons (Fsp3) is 0.188. The van der Waals surface area contributed by atoms with E-state index in [1.807, 2.05) is 31.2 Å². The van der Waals surface area contributed by atoms with Gasteiger partial charge in [-0.1, -0.05) is 23.8 Å². The lowest BCUT2D eigenvalue weighted by atomic mass is 10.1. The Morgan fingerprint density at radius 3 is 2.50 bits per heavy atom. The average Bonchev–Trinajstić information content (AvgIpc) is 2.47. The van der Waals surface area contributed by atoms with Crippen molar-refractivity contribution in [2.24, 2.45) is 0 Å². The van der Waals surface area contributed by atoms with E-state index < -0.39 is 6.04 Å². The standard InChI is InChI=1S/C16H16N2O2/c1-11-3-6-13(7-4-11)18-14(10-17)12-5-8-15(19)16(9-12)20-2/h3-9,14,18-19H,1-2H3. The topological polar surface area (TPSA) is 65.3 Å². The Bertz CT molecular complexity index is 630. The maximum absolute atomic E-state index is 9.58. The number of nitrogens with one attached hydrogen (secondary N) is 1. The number of rotatable bonds is 4. The van der Waals surface area contributed by atoms with Crippen LogP contribution >= 0.6 is 0 Å². The van der Waals surface area contributed by atoms with Crippen molar-refractivity contribution in [3.8, 4) is 17.6 Å². The number of methoxy groups -OCH3 is 1. The van der Waals surface area contributed by atoms with E-state index in [2.05, 4.69) is 11.4 Å². The molecule has 0 radical (unpaired) electrons. The number of anilines is 1. The number of hydrogen-bond acceptors (Lipinski definition) is 4. The lowest BCUT2D eigenvalue weighted by Gasteiger charge is -2.15. The summed E-state index contributed by atoms with van der Waals surface area (Å²) in [5, 5.41) is 22.0. The van der Waals surface area contributed by atoms with E-state index in [0.717, 1.165) is 16.8 Å². The number of hydrogen-bond donors (Lipinski definition) is 2. The molecule has 0 heterocycles. The number of nitrogens with zero attached hydrogens (tertiary/aromatic N) is 1. The molecule has 0 fully saturated rings. The molecule has 4 nitrogen and oxygen atoms in total. The highest BCUT2D eigenvalue weighted by atomic mass is 16.5. The lowest BCUT2D eigenvalue weighted by Crippen LogP contribution is -2.08. The fourth-order valence-corrected chi connectivity index (χ4v) is 1.88. The minimum Gasteiger partial charge on any atom is -0.504 e. The second kappa shape index (κ2) is 5.98. The van der Waals surface area contributed by atoms with Gasteiger partial charge < -0.3 is 15.2 Å². The fourth-order valence-electron chi connectivity index (χ4n) is 1.88. The van der Waals surface area contributed by atoms with E-state index in [-0.39, 0.29) is 5.75 Å². The first-order valence-corrected chi connectivity index (χ1v) is 6.24. The first kappa shape index (κ1) is 13.8. The molecular formula is C16H16N2O2. The third-order valence-electron chi connectivity index (χ3n) is 3.03. The number of benzene rings is 2. The van der Waals surface area contributed by atoms with Crippen LogP contribution in [0.4, 0.5) is 5.69 Å². The summed E-state index contributed by atoms with van der Waals surface area (Å²) in [6, 6.07) is 14.4. The van der Waals surface area contributed by atoms with E-state index in [0.29, 0.717) is 5.75 Å². The third-order valence-corrected chi connectivity index (χ3v) is 3.03. The van der Waals surface area contributed by atoms with Gasteiger partial charge in [0, 0.05) is 5.69 Å². The maximum Gasteiger partial charge on any atom is 0.160 e. The van der Waals surface area contributed by atoms with Gasteiger partial charge in [0.15, 0.2) is 11.5 Å². The quantitative estimate of drug-likeness (QED) is 0.892. The highest BCUT2D eigenvalue weighted by Gasteiger charge is 2.13. The van der Waals surface area contributed by atoms with Crippen LogP contribution in [0, 0.1) is 18.3 Å². The second-order valence-corrected chi connectivity index (χ2v) is 4.50. The normalized spacial score (nSPS) is 11.4. The van der Waals surface area contributed by atoms with Gasteiger partial charge in [0.2, 0.25) is 0 Å². The van der Waals surface area contributed by atoms with E-state index in [1.54, 1.807) is 12.1 Å². The van der Waals surface area contributed by atoms with Crippen LogP contribution in [-0.2, 0) is 0 Å². The molecule has 0 saturated heterocycles. The number of ether oxygens (including phenoxy) is 1. The SMILES string of the molecule is COc1cc(C(C#N)Nc2ccc(C)cc2)ccc1O. The molecule has 0 aliphatic carbocycles. The van der Waals surface area contributed by atoms with Crippen molar-refractivity contribution in [3.05, 3.63) is 53.6 Å². The molecule has 4 heteroatoms. The Morgan fingerprint density at radius 2 is 1.90 bits per heavy atom. The maximum atomic E-state index is 9.58. The summed E-state index contributed by atoms with van der Waals surface area (Å²) < 4.78 is 5.06. The highest BCUT2D eigenvalue weighted by Crippen LogP contribution is 2.30. The minimum atomic E-state index is -0.507. The summed E-state index contributed by atoms with van der Waals surface area (Å²) in [5.74, 6) is 0.414. The van der Waals surface area contributed by atoms with Gasteiger partial charge in [-0.05, 0) is 36.8 Å². The average molecular weight is 268 g/mol. The van der Waals surface area contributed by atoms with Gasteiger partial charge >= 0.3 is 0 Å². The number of phenols is 1. The highest BCUT2D eigenvalue weighted by molar-refractivity contribution is 5.51. The molecular weight excluding hydrogens is 252 g/mol. The number of aromatic hydroxyl groups is 1. The van der Waals surface area contributed by atoms with Crippen LogP contribution in [0.2, 0.25) is 0 Å². The molecule has 102 valence electrons. The van der Waals surface area contributed by atoms with Crippen molar-refractivity contribution in [1.29, 1.82) is 5.26 Å². The van der Waals surface area contributed by atoms with Crippen LogP contribution in [0.15, 0.2) is 42.5 Å². The van der Waals surface area contributed by atoms with Crippen LogP contribution in [0.1, 0.15) is 17.2 Å². The largest absolute Gasteiger partial charge is 0.504 e. The van der Waals surface area contributed by atoms with Gasteiger partial charge in [-0.2, -0.15) is 5.26 Å². The number of aryl methyl sites for hydroxylation is 1. The number of phenolic OH excluding ortho intramolecular Hbond substituents is 1. The first-order chi connectivity index (χ1) is 9.63. The summed E-state index contributed by atoms with van der Waals surface area (Å²) in [6.07, 6.45) is 0. The van der Waals surface area contributed by atoms with Crippen LogP contribution < -0.4 is 10.1 Å². The third kappa shape index (κ3) is 3.01. The molecule has 0 amide bonds. The summed E-state index contributed by atoms with van der Waals surface area (Å²) in [5.41, 5.74) is 2.77. The van der Waals surface area contributed by atoms with Crippen molar-refractivity contribution < 1.29 is 9.84 Å². The molecule has 0 saturated carbocycles. The Balaban J connectivity index is 2.24. The molecule has 2 aromatic carbocycles. The Hall–Kier alpha value is -2.67. The van der Waals surface area contributed by atoms with Gasteiger partial charge in [-0.15, -0.1) is 0 Å². The van der Waals surface area contributed by atoms with Crippen LogP contribution in [0.25, 0.3) is 0 Å². The lowest BCUT2D eigenvalue weighted by molar-refractivity contribution is 0.373. The van der Waals surface area contributed by atoms with Crippen LogP contribution in [-0.4, -0.2) is 12.2 Å². The van der Waals surface area contributed by atoms with E-state index >= 15 is 0 Å². The van der Waals surface area contributed by atoms with Crippen LogP contribution in [0.5, 0.6) is 11.5 Å². The minimum absolute atomic E-state index is 0.0586. The Morgan fingerprint density at radius 1 is 1.20 bits per heavy atom. The monoisotopic (exact) mass is 268 g/mol. The van der Waals surface area contributed by atoms with Gasteiger partial charge in [0.25, 0.3) is 0 Å². The summed E-state index contributed by atoms with van der Waals surface area (Å²) in [7, 11) is 1.48. The Kier molecular flexibility index (Phi) is 4.11. The van der Waals surface area contributed by atoms with Crippen LogP contribution in [0.3, 0.4) is 0 Å². The molecule has 20 heavy (non-hydrogen) atoms. The first-order valence-electron chi connectivity index (χ1n) is 6.24. The summed E-state index contributed by atoms with van der Waals surface area (Å²) in [6.45, 7) is 2.01. The molecule has 0 bridgehead atoms. The summed E-state index contributed by atoms with van der Waals surface area (Å²) >= 11 is 0. The molecule has 0 aliphatic heterocycles. The van der Waals surface area contributed by atoms with E-state index in [1.165, 1.54) is 13.2 Å². The van der Waals surface area contributed by atoms with Gasteiger partial charge in [-0.3, -0.25) is 0 Å². The Labute approximate surface area is 118 Å². The zero-order valence-electron chi connectivity index (χ0n) is 11.4. The van der Waals surface area contributed by atoms with Gasteiger partial charge in [-0.25, -0.2) is 0 Å². The zero-order chi connectivity index (χ0) is 14.5. The van der Waals surface area contributed by atoms with E-state index in [9.17, 15) is 10.4 Å². The molecule has 1 unspecified atom stereocenters. The van der Waals surface area contributed by atoms with Crippen molar-refractivity contribution in [1.82, 2.24) is 0 Å². The molecule has 2 N–H and O–H groups in total. The molecule has 1 atom stereocenters. The smallest absolute Gasteiger partial charge is 0.160 e. The van der Waals surface area contributed by atoms with Crippen molar-refractivity contribution in [2.45, 2.75) is 13.0 Å². The second-order valence-electron chi connectivity index (χ2n) is 4.50. The molecule has 0 spiro atoms. The van der Waals surface area contributed by atoms with Gasteiger partial charge in [0.05, 0.1) is 13.2 Å².